The van der Waals surface area contributed by atoms with Crippen molar-refractivity contribution in [2.24, 2.45) is 11.8 Å². The first kappa shape index (κ1) is 23.4. The topological polar surface area (TPSA) is 83.7 Å². The summed E-state index contributed by atoms with van der Waals surface area (Å²) < 4.78 is 10.7. The van der Waals surface area contributed by atoms with Crippen LogP contribution >= 0.6 is 0 Å². The molecule has 3 aromatic rings. The molecule has 1 atom stereocenters. The molecule has 0 aliphatic carbocycles. The summed E-state index contributed by atoms with van der Waals surface area (Å²) in [6.45, 7) is 5.35. The summed E-state index contributed by atoms with van der Waals surface area (Å²) in [7, 11) is 1.64. The van der Waals surface area contributed by atoms with Gasteiger partial charge in [-0.05, 0) is 61.6 Å². The van der Waals surface area contributed by atoms with Gasteiger partial charge in [-0.25, -0.2) is 0 Å². The molecule has 2 aromatic carbocycles. The van der Waals surface area contributed by atoms with Crippen LogP contribution in [0.4, 0.5) is 6.01 Å². The van der Waals surface area contributed by atoms with Gasteiger partial charge in [0.15, 0.2) is 0 Å². The largest absolute Gasteiger partial charge is 0.497 e. The summed E-state index contributed by atoms with van der Waals surface area (Å²) in [5, 5.41) is 7.35. The lowest BCUT2D eigenvalue weighted by molar-refractivity contribution is -0.125. The number of amides is 1. The minimum atomic E-state index is 0.0389. The lowest BCUT2D eigenvalue weighted by Gasteiger charge is -2.30. The molecule has 2 fully saturated rings. The minimum Gasteiger partial charge on any atom is -0.497 e. The second-order valence-electron chi connectivity index (χ2n) is 9.51. The number of rotatable bonds is 8. The van der Waals surface area contributed by atoms with Crippen LogP contribution in [0, 0.1) is 11.8 Å². The predicted octanol–water partition coefficient (Wildman–Crippen LogP) is 3.60. The highest BCUT2D eigenvalue weighted by molar-refractivity contribution is 5.79. The lowest BCUT2D eigenvalue weighted by atomic mass is 9.96. The molecule has 8 heteroatoms. The molecule has 0 radical (unpaired) electrons. The molecule has 184 valence electrons. The Kier molecular flexibility index (Phi) is 7.28. The SMILES string of the molecule is COc1ccc(-c2noc(N3CCC(C(=O)NCC4CCN(Cc5ccccc5)C4)CC3)n2)cc1. The van der Waals surface area contributed by atoms with Crippen molar-refractivity contribution in [2.75, 3.05) is 44.7 Å². The number of hydrogen-bond donors (Lipinski definition) is 1. The Morgan fingerprint density at radius 2 is 1.83 bits per heavy atom. The molecule has 2 saturated heterocycles. The number of likely N-dealkylation sites (tertiary alicyclic amines) is 1. The number of hydrogen-bond acceptors (Lipinski definition) is 7. The predicted molar refractivity (Wildman–Crippen MR) is 134 cm³/mol. The maximum atomic E-state index is 12.8. The van der Waals surface area contributed by atoms with Gasteiger partial charge in [-0.1, -0.05) is 35.5 Å². The van der Waals surface area contributed by atoms with Crippen LogP contribution in [0.1, 0.15) is 24.8 Å². The molecule has 35 heavy (non-hydrogen) atoms. The molecule has 1 aromatic heterocycles. The fourth-order valence-electron chi connectivity index (χ4n) is 4.99. The Hall–Kier alpha value is -3.39. The fourth-order valence-corrected chi connectivity index (χ4v) is 4.99. The van der Waals surface area contributed by atoms with E-state index in [1.54, 1.807) is 7.11 Å². The van der Waals surface area contributed by atoms with Gasteiger partial charge in [0.05, 0.1) is 7.11 Å². The molecule has 0 bridgehead atoms. The molecular formula is C27H33N5O3. The zero-order valence-electron chi connectivity index (χ0n) is 20.2. The van der Waals surface area contributed by atoms with E-state index in [2.05, 4.69) is 55.6 Å². The molecule has 5 rings (SSSR count). The molecule has 1 amide bonds. The number of nitrogens with zero attached hydrogens (tertiary/aromatic N) is 4. The zero-order chi connectivity index (χ0) is 24.0. The summed E-state index contributed by atoms with van der Waals surface area (Å²) in [5.41, 5.74) is 2.23. The van der Waals surface area contributed by atoms with Crippen molar-refractivity contribution in [2.45, 2.75) is 25.8 Å². The van der Waals surface area contributed by atoms with E-state index in [-0.39, 0.29) is 11.8 Å². The van der Waals surface area contributed by atoms with Crippen molar-refractivity contribution < 1.29 is 14.1 Å². The van der Waals surface area contributed by atoms with E-state index < -0.39 is 0 Å². The van der Waals surface area contributed by atoms with Crippen LogP contribution in [0.25, 0.3) is 11.4 Å². The van der Waals surface area contributed by atoms with Gasteiger partial charge >= 0.3 is 6.01 Å². The number of ether oxygens (including phenoxy) is 1. The highest BCUT2D eigenvalue weighted by Crippen LogP contribution is 2.26. The lowest BCUT2D eigenvalue weighted by Crippen LogP contribution is -2.42. The second kappa shape index (κ2) is 10.9. The first-order valence-electron chi connectivity index (χ1n) is 12.4. The number of benzene rings is 2. The Morgan fingerprint density at radius 1 is 1.06 bits per heavy atom. The van der Waals surface area contributed by atoms with Crippen LogP contribution in [0.3, 0.4) is 0 Å². The van der Waals surface area contributed by atoms with Gasteiger partial charge in [-0.3, -0.25) is 9.69 Å². The van der Waals surface area contributed by atoms with E-state index in [4.69, 9.17) is 9.26 Å². The molecule has 2 aliphatic rings. The maximum absolute atomic E-state index is 12.8. The number of piperidine rings is 1. The van der Waals surface area contributed by atoms with Crippen molar-refractivity contribution in [1.29, 1.82) is 0 Å². The number of carbonyl (C=O) groups is 1. The molecule has 0 spiro atoms. The van der Waals surface area contributed by atoms with Crippen molar-refractivity contribution in [3.63, 3.8) is 0 Å². The number of nitrogens with one attached hydrogen (secondary N) is 1. The van der Waals surface area contributed by atoms with Crippen LogP contribution < -0.4 is 15.0 Å². The van der Waals surface area contributed by atoms with Crippen LogP contribution in [0.15, 0.2) is 59.1 Å². The van der Waals surface area contributed by atoms with Crippen molar-refractivity contribution >= 4 is 11.9 Å². The third kappa shape index (κ3) is 5.82. The van der Waals surface area contributed by atoms with E-state index in [9.17, 15) is 4.79 Å². The van der Waals surface area contributed by atoms with Crippen molar-refractivity contribution in [1.82, 2.24) is 20.4 Å². The minimum absolute atomic E-state index is 0.0389. The van der Waals surface area contributed by atoms with Crippen LogP contribution in [-0.2, 0) is 11.3 Å². The highest BCUT2D eigenvalue weighted by Gasteiger charge is 2.29. The first-order chi connectivity index (χ1) is 17.2. The second-order valence-corrected chi connectivity index (χ2v) is 9.51. The number of carbonyl (C=O) groups excluding carboxylic acids is 1. The normalized spacial score (nSPS) is 19.1. The summed E-state index contributed by atoms with van der Waals surface area (Å²) in [4.78, 5) is 21.9. The quantitative estimate of drug-likeness (QED) is 0.533. The Balaban J connectivity index is 1.05. The van der Waals surface area contributed by atoms with E-state index in [0.717, 1.165) is 69.8 Å². The van der Waals surface area contributed by atoms with Crippen LogP contribution in [0.5, 0.6) is 5.75 Å². The van der Waals surface area contributed by atoms with Gasteiger partial charge in [0.2, 0.25) is 11.7 Å². The monoisotopic (exact) mass is 475 g/mol. The zero-order valence-corrected chi connectivity index (χ0v) is 20.2. The third-order valence-electron chi connectivity index (χ3n) is 7.08. The molecule has 0 saturated carbocycles. The van der Waals surface area contributed by atoms with Gasteiger partial charge in [0.25, 0.3) is 0 Å². The van der Waals surface area contributed by atoms with Crippen LogP contribution in [0.2, 0.25) is 0 Å². The van der Waals surface area contributed by atoms with Crippen LogP contribution in [-0.4, -0.2) is 60.8 Å². The third-order valence-corrected chi connectivity index (χ3v) is 7.08. The number of methoxy groups -OCH3 is 1. The molecule has 2 aliphatic heterocycles. The molecule has 1 unspecified atom stereocenters. The maximum Gasteiger partial charge on any atom is 0.324 e. The molecule has 3 heterocycles. The summed E-state index contributed by atoms with van der Waals surface area (Å²) >= 11 is 0. The Bertz CT molecular complexity index is 1090. The number of anilines is 1. The number of aromatic nitrogens is 2. The van der Waals surface area contributed by atoms with Crippen molar-refractivity contribution in [3.8, 4) is 17.1 Å². The van der Waals surface area contributed by atoms with Gasteiger partial charge in [0.1, 0.15) is 5.75 Å². The van der Waals surface area contributed by atoms with Gasteiger partial charge in [-0.15, -0.1) is 0 Å². The standard InChI is InChI=1S/C27H33N5O3/c1-34-24-9-7-22(8-10-24)25-29-27(35-30-25)32-15-12-23(13-16-32)26(33)28-17-21-11-14-31(19-21)18-20-5-3-2-4-6-20/h2-10,21,23H,11-19H2,1H3,(H,28,33). The van der Waals surface area contributed by atoms with Gasteiger partial charge < -0.3 is 19.5 Å². The smallest absolute Gasteiger partial charge is 0.324 e. The summed E-state index contributed by atoms with van der Waals surface area (Å²) in [6, 6.07) is 18.7. The average Bonchev–Trinajstić information content (AvgIpc) is 3.58. The van der Waals surface area contributed by atoms with Gasteiger partial charge in [-0.2, -0.15) is 4.98 Å². The van der Waals surface area contributed by atoms with E-state index in [0.29, 0.717) is 17.8 Å². The highest BCUT2D eigenvalue weighted by atomic mass is 16.5. The van der Waals surface area contributed by atoms with E-state index in [1.165, 1.54) is 5.56 Å². The van der Waals surface area contributed by atoms with Crippen molar-refractivity contribution in [3.05, 3.63) is 60.2 Å². The fraction of sp³-hybridized carbons (Fsp3) is 0.444. The first-order valence-corrected chi connectivity index (χ1v) is 12.4. The molecule has 8 nitrogen and oxygen atoms in total. The Morgan fingerprint density at radius 3 is 2.57 bits per heavy atom. The van der Waals surface area contributed by atoms with E-state index in [1.807, 2.05) is 24.3 Å². The molecule has 1 N–H and O–H groups in total. The Labute approximate surface area is 206 Å². The summed E-state index contributed by atoms with van der Waals surface area (Å²) in [6.07, 6.45) is 2.72. The molecular weight excluding hydrogens is 442 g/mol. The van der Waals surface area contributed by atoms with Gasteiger partial charge in [0, 0.05) is 44.2 Å². The van der Waals surface area contributed by atoms with E-state index >= 15 is 0 Å². The summed E-state index contributed by atoms with van der Waals surface area (Å²) in [5.74, 6) is 2.08. The average molecular weight is 476 g/mol.